The van der Waals surface area contributed by atoms with Gasteiger partial charge in [0.1, 0.15) is 6.67 Å². The number of benzene rings is 2. The first-order chi connectivity index (χ1) is 12.5. The summed E-state index contributed by atoms with van der Waals surface area (Å²) >= 11 is 8.25. The van der Waals surface area contributed by atoms with E-state index in [0.29, 0.717) is 24.2 Å². The summed E-state index contributed by atoms with van der Waals surface area (Å²) in [6.07, 6.45) is 0. The standard InChI is InChI=1S/C18H16Br2N4OS/c1-2-24-11-21-18(26-15-9-5-13(20)6-10-15)23-16(24)17(25)22-14-7-3-12(19)4-8-14/h3-10H,2,11H2,1H3,(H,22,25). The topological polar surface area (TPSA) is 57.1 Å². The van der Waals surface area contributed by atoms with Crippen molar-refractivity contribution in [2.24, 2.45) is 9.98 Å². The fraction of sp³-hybridized carbons (Fsp3) is 0.167. The van der Waals surface area contributed by atoms with E-state index in [1.807, 2.05) is 60.4 Å². The molecular weight excluding hydrogens is 480 g/mol. The minimum absolute atomic E-state index is 0.238. The van der Waals surface area contributed by atoms with Gasteiger partial charge in [-0.25, -0.2) is 4.99 Å². The van der Waals surface area contributed by atoms with Gasteiger partial charge in [-0.2, -0.15) is 4.99 Å². The van der Waals surface area contributed by atoms with Crippen LogP contribution >= 0.6 is 43.6 Å². The third kappa shape index (κ3) is 4.96. The zero-order valence-corrected chi connectivity index (χ0v) is 17.9. The Kier molecular flexibility index (Phi) is 6.50. The molecule has 0 unspecified atom stereocenters. The lowest BCUT2D eigenvalue weighted by atomic mass is 10.3. The lowest BCUT2D eigenvalue weighted by Gasteiger charge is -2.25. The molecule has 0 aliphatic carbocycles. The highest BCUT2D eigenvalue weighted by atomic mass is 79.9. The summed E-state index contributed by atoms with van der Waals surface area (Å²) in [4.78, 5) is 24.5. The normalized spacial score (nSPS) is 13.9. The molecule has 3 rings (SSSR count). The molecule has 0 saturated carbocycles. The molecule has 1 amide bonds. The predicted octanol–water partition coefficient (Wildman–Crippen LogP) is 4.99. The lowest BCUT2D eigenvalue weighted by molar-refractivity contribution is -0.111. The second-order valence-electron chi connectivity index (χ2n) is 5.39. The summed E-state index contributed by atoms with van der Waals surface area (Å²) in [6, 6.07) is 15.4. The van der Waals surface area contributed by atoms with E-state index in [0.717, 1.165) is 19.5 Å². The highest BCUT2D eigenvalue weighted by molar-refractivity contribution is 9.10. The molecule has 134 valence electrons. The molecule has 0 spiro atoms. The molecule has 0 bridgehead atoms. The van der Waals surface area contributed by atoms with Crippen LogP contribution in [-0.4, -0.2) is 35.0 Å². The van der Waals surface area contributed by atoms with Gasteiger partial charge in [0.25, 0.3) is 5.91 Å². The molecule has 5 nitrogen and oxygen atoms in total. The van der Waals surface area contributed by atoms with Crippen LogP contribution in [-0.2, 0) is 4.79 Å². The Bertz CT molecular complexity index is 850. The smallest absolute Gasteiger partial charge is 0.291 e. The number of anilines is 1. The number of hydrogen-bond donors (Lipinski definition) is 1. The quantitative estimate of drug-likeness (QED) is 0.650. The van der Waals surface area contributed by atoms with Crippen LogP contribution in [0, 0.1) is 0 Å². The van der Waals surface area contributed by atoms with Gasteiger partial charge in [-0.3, -0.25) is 4.79 Å². The van der Waals surface area contributed by atoms with Crippen LogP contribution in [0.5, 0.6) is 0 Å². The first-order valence-corrected chi connectivity index (χ1v) is 10.3. The van der Waals surface area contributed by atoms with E-state index in [2.05, 4.69) is 47.2 Å². The van der Waals surface area contributed by atoms with Crippen molar-refractivity contribution in [3.63, 3.8) is 0 Å². The van der Waals surface area contributed by atoms with E-state index in [-0.39, 0.29) is 5.91 Å². The van der Waals surface area contributed by atoms with Gasteiger partial charge in [-0.05, 0) is 55.5 Å². The van der Waals surface area contributed by atoms with Crippen molar-refractivity contribution in [2.75, 3.05) is 18.5 Å². The van der Waals surface area contributed by atoms with E-state index < -0.39 is 0 Å². The largest absolute Gasteiger partial charge is 0.333 e. The number of likely N-dealkylation sites (N-methyl/N-ethyl adjacent to an activating group) is 1. The first kappa shape index (κ1) is 19.1. The van der Waals surface area contributed by atoms with Crippen molar-refractivity contribution in [1.29, 1.82) is 0 Å². The molecular formula is C18H16Br2N4OS. The fourth-order valence-corrected chi connectivity index (χ4v) is 3.50. The van der Waals surface area contributed by atoms with Crippen LogP contribution in [0.2, 0.25) is 0 Å². The Morgan fingerprint density at radius 1 is 1.12 bits per heavy atom. The highest BCUT2D eigenvalue weighted by Crippen LogP contribution is 2.24. The summed E-state index contributed by atoms with van der Waals surface area (Å²) in [5.74, 6) is 0.142. The average Bonchev–Trinajstić information content (AvgIpc) is 2.65. The molecule has 1 aliphatic rings. The maximum Gasteiger partial charge on any atom is 0.291 e. The zero-order chi connectivity index (χ0) is 18.5. The second-order valence-corrected chi connectivity index (χ2v) is 8.26. The van der Waals surface area contributed by atoms with Gasteiger partial charge < -0.3 is 10.2 Å². The van der Waals surface area contributed by atoms with Crippen molar-refractivity contribution in [3.05, 3.63) is 57.5 Å². The van der Waals surface area contributed by atoms with Crippen LogP contribution in [0.4, 0.5) is 5.69 Å². The number of nitrogens with one attached hydrogen (secondary N) is 1. The number of thioether (sulfide) groups is 1. The molecule has 0 fully saturated rings. The summed E-state index contributed by atoms with van der Waals surface area (Å²) in [6.45, 7) is 3.05. The van der Waals surface area contributed by atoms with Crippen molar-refractivity contribution in [2.45, 2.75) is 11.8 Å². The molecule has 26 heavy (non-hydrogen) atoms. The number of halogens is 2. The monoisotopic (exact) mass is 494 g/mol. The Labute approximate surface area is 173 Å². The van der Waals surface area contributed by atoms with Crippen LogP contribution in [0.15, 0.2) is 72.4 Å². The Balaban J connectivity index is 1.76. The fourth-order valence-electron chi connectivity index (χ4n) is 2.24. The minimum Gasteiger partial charge on any atom is -0.333 e. The molecule has 8 heteroatoms. The number of carbonyl (C=O) groups is 1. The van der Waals surface area contributed by atoms with Crippen LogP contribution in [0.25, 0.3) is 0 Å². The lowest BCUT2D eigenvalue weighted by Crippen LogP contribution is -2.42. The predicted molar refractivity (Wildman–Crippen MR) is 115 cm³/mol. The van der Waals surface area contributed by atoms with Crippen LogP contribution < -0.4 is 5.32 Å². The number of amidine groups is 2. The van der Waals surface area contributed by atoms with E-state index in [1.165, 1.54) is 11.8 Å². The Morgan fingerprint density at radius 2 is 1.73 bits per heavy atom. The molecule has 2 aromatic rings. The maximum atomic E-state index is 12.7. The number of hydrogen-bond acceptors (Lipinski definition) is 5. The van der Waals surface area contributed by atoms with Gasteiger partial charge in [0.15, 0.2) is 11.0 Å². The third-order valence-electron chi connectivity index (χ3n) is 3.59. The molecule has 1 aliphatic heterocycles. The molecule has 2 aromatic carbocycles. The van der Waals surface area contributed by atoms with Gasteiger partial charge in [-0.15, -0.1) is 0 Å². The van der Waals surface area contributed by atoms with Crippen LogP contribution in [0.1, 0.15) is 6.92 Å². The molecule has 0 atom stereocenters. The number of rotatable bonds is 4. The summed E-state index contributed by atoms with van der Waals surface area (Å²) in [5, 5.41) is 3.47. The number of carbonyl (C=O) groups excluding carboxylic acids is 1. The SMILES string of the molecule is CCN1CN=C(Sc2ccc(Br)cc2)N=C1C(=O)Nc1ccc(Br)cc1. The summed E-state index contributed by atoms with van der Waals surface area (Å²) in [5.41, 5.74) is 0.724. The third-order valence-corrected chi connectivity index (χ3v) is 5.56. The van der Waals surface area contributed by atoms with Crippen molar-refractivity contribution >= 4 is 66.2 Å². The maximum absolute atomic E-state index is 12.7. The highest BCUT2D eigenvalue weighted by Gasteiger charge is 2.23. The first-order valence-electron chi connectivity index (χ1n) is 7.93. The van der Waals surface area contributed by atoms with E-state index in [1.54, 1.807) is 0 Å². The number of nitrogens with zero attached hydrogens (tertiary/aromatic N) is 3. The molecule has 1 N–H and O–H groups in total. The van der Waals surface area contributed by atoms with Gasteiger partial charge in [0, 0.05) is 26.1 Å². The van der Waals surface area contributed by atoms with Crippen LogP contribution in [0.3, 0.4) is 0 Å². The number of aliphatic imine (C=N–C) groups is 2. The summed E-state index contributed by atoms with van der Waals surface area (Å²) in [7, 11) is 0. The van der Waals surface area contributed by atoms with Gasteiger partial charge in [-0.1, -0.05) is 43.6 Å². The molecule has 0 saturated heterocycles. The zero-order valence-electron chi connectivity index (χ0n) is 13.9. The van der Waals surface area contributed by atoms with Gasteiger partial charge in [0.2, 0.25) is 0 Å². The van der Waals surface area contributed by atoms with Gasteiger partial charge in [0.05, 0.1) is 0 Å². The van der Waals surface area contributed by atoms with E-state index in [4.69, 9.17) is 0 Å². The molecule has 0 radical (unpaired) electrons. The Morgan fingerprint density at radius 3 is 2.35 bits per heavy atom. The average molecular weight is 496 g/mol. The molecule has 0 aromatic heterocycles. The summed E-state index contributed by atoms with van der Waals surface area (Å²) < 4.78 is 1.98. The van der Waals surface area contributed by atoms with E-state index in [9.17, 15) is 4.79 Å². The minimum atomic E-state index is -0.238. The second kappa shape index (κ2) is 8.83. The van der Waals surface area contributed by atoms with Gasteiger partial charge >= 0.3 is 0 Å². The number of amides is 1. The van der Waals surface area contributed by atoms with Crippen molar-refractivity contribution < 1.29 is 4.79 Å². The van der Waals surface area contributed by atoms with E-state index >= 15 is 0 Å². The van der Waals surface area contributed by atoms with Crippen molar-refractivity contribution in [3.8, 4) is 0 Å². The molecule has 1 heterocycles. The Hall–Kier alpha value is -1.64. The van der Waals surface area contributed by atoms with Crippen molar-refractivity contribution in [1.82, 2.24) is 4.90 Å².